The Morgan fingerprint density at radius 1 is 1.08 bits per heavy atom. The zero-order valence-electron chi connectivity index (χ0n) is 14.1. The number of ether oxygens (including phenoxy) is 1. The number of methoxy groups -OCH3 is 1. The van der Waals surface area contributed by atoms with E-state index in [4.69, 9.17) is 4.74 Å². The smallest absolute Gasteiger partial charge is 0.285 e. The summed E-state index contributed by atoms with van der Waals surface area (Å²) in [6.07, 6.45) is 1.93. The molecule has 0 spiro atoms. The number of nitrogens with zero attached hydrogens (tertiary/aromatic N) is 2. The van der Waals surface area contributed by atoms with Crippen molar-refractivity contribution < 1.29 is 13.2 Å². The monoisotopic (exact) mass is 356 g/mol. The number of likely N-dealkylation sites (tertiary alicyclic amines) is 1. The first-order chi connectivity index (χ1) is 12.1. The van der Waals surface area contributed by atoms with Gasteiger partial charge >= 0.3 is 0 Å². The highest BCUT2D eigenvalue weighted by Crippen LogP contribution is 2.33. The van der Waals surface area contributed by atoms with Crippen LogP contribution in [0.1, 0.15) is 29.9 Å². The van der Waals surface area contributed by atoms with Crippen molar-refractivity contribution in [2.45, 2.75) is 23.7 Å². The maximum absolute atomic E-state index is 12.2. The van der Waals surface area contributed by atoms with E-state index in [1.165, 1.54) is 5.56 Å². The van der Waals surface area contributed by atoms with Crippen LogP contribution in [-0.2, 0) is 10.0 Å². The summed E-state index contributed by atoms with van der Waals surface area (Å²) in [5.74, 6) is 1.93. The molecular weight excluding hydrogens is 336 g/mol. The molecule has 4 rings (SSSR count). The Hall–Kier alpha value is -2.34. The molecule has 2 aromatic rings. The molecule has 0 aliphatic carbocycles. The molecular formula is C19H20N2O3S. The molecule has 0 aromatic heterocycles. The highest BCUT2D eigenvalue weighted by atomic mass is 32.2. The van der Waals surface area contributed by atoms with Crippen LogP contribution in [0.2, 0.25) is 0 Å². The lowest BCUT2D eigenvalue weighted by atomic mass is 9.89. The quantitative estimate of drug-likeness (QED) is 0.830. The van der Waals surface area contributed by atoms with Crippen LogP contribution in [0.3, 0.4) is 0 Å². The van der Waals surface area contributed by atoms with Crippen molar-refractivity contribution in [2.24, 2.45) is 4.40 Å². The van der Waals surface area contributed by atoms with Gasteiger partial charge in [0.1, 0.15) is 10.6 Å². The molecule has 0 unspecified atom stereocenters. The molecule has 0 N–H and O–H groups in total. The molecule has 0 atom stereocenters. The molecule has 2 aliphatic heterocycles. The van der Waals surface area contributed by atoms with E-state index in [9.17, 15) is 8.42 Å². The minimum atomic E-state index is -3.55. The second-order valence-electron chi connectivity index (χ2n) is 6.42. The molecule has 0 radical (unpaired) electrons. The fraction of sp³-hybridized carbons (Fsp3) is 0.316. The molecule has 25 heavy (non-hydrogen) atoms. The van der Waals surface area contributed by atoms with E-state index in [0.29, 0.717) is 16.6 Å². The largest absolute Gasteiger partial charge is 0.497 e. The SMILES string of the molecule is COc1cccc(C2CCN(C3=NS(=O)(=O)c4ccccc43)CC2)c1. The number of sulfonamides is 1. The molecule has 2 heterocycles. The van der Waals surface area contributed by atoms with Gasteiger partial charge in [0.2, 0.25) is 0 Å². The van der Waals surface area contributed by atoms with Crippen molar-refractivity contribution in [2.75, 3.05) is 20.2 Å². The van der Waals surface area contributed by atoms with Gasteiger partial charge in [-0.1, -0.05) is 24.3 Å². The second-order valence-corrected chi connectivity index (χ2v) is 8.00. The number of hydrogen-bond acceptors (Lipinski definition) is 4. The summed E-state index contributed by atoms with van der Waals surface area (Å²) in [6.45, 7) is 1.59. The van der Waals surface area contributed by atoms with E-state index in [0.717, 1.165) is 37.2 Å². The lowest BCUT2D eigenvalue weighted by molar-refractivity contribution is 0.313. The predicted molar refractivity (Wildman–Crippen MR) is 96.7 cm³/mol. The van der Waals surface area contributed by atoms with Crippen LogP contribution >= 0.6 is 0 Å². The first kappa shape index (κ1) is 16.1. The lowest BCUT2D eigenvalue weighted by Crippen LogP contribution is -2.37. The number of amidine groups is 1. The zero-order valence-corrected chi connectivity index (χ0v) is 14.9. The Bertz CT molecular complexity index is 929. The normalized spacial score (nSPS) is 19.4. The molecule has 130 valence electrons. The van der Waals surface area contributed by atoms with Gasteiger partial charge in [0, 0.05) is 18.7 Å². The summed E-state index contributed by atoms with van der Waals surface area (Å²) in [7, 11) is -1.87. The molecule has 2 aromatic carbocycles. The summed E-state index contributed by atoms with van der Waals surface area (Å²) in [5.41, 5.74) is 2.00. The predicted octanol–water partition coefficient (Wildman–Crippen LogP) is 3.02. The Kier molecular flexibility index (Phi) is 4.00. The maximum Gasteiger partial charge on any atom is 0.285 e. The molecule has 1 fully saturated rings. The fourth-order valence-electron chi connectivity index (χ4n) is 3.64. The van der Waals surface area contributed by atoms with Crippen LogP contribution in [0, 0.1) is 0 Å². The minimum Gasteiger partial charge on any atom is -0.497 e. The first-order valence-corrected chi connectivity index (χ1v) is 9.86. The summed E-state index contributed by atoms with van der Waals surface area (Å²) in [6, 6.07) is 15.3. The third kappa shape index (κ3) is 2.91. The minimum absolute atomic E-state index is 0.319. The van der Waals surface area contributed by atoms with Crippen LogP contribution in [0.15, 0.2) is 57.8 Å². The molecule has 6 heteroatoms. The van der Waals surface area contributed by atoms with Gasteiger partial charge in [-0.25, -0.2) is 0 Å². The summed E-state index contributed by atoms with van der Waals surface area (Å²) < 4.78 is 33.8. The van der Waals surface area contributed by atoms with Crippen LogP contribution in [-0.4, -0.2) is 39.4 Å². The maximum atomic E-state index is 12.2. The summed E-state index contributed by atoms with van der Waals surface area (Å²) in [4.78, 5) is 2.42. The van der Waals surface area contributed by atoms with Crippen molar-refractivity contribution in [3.05, 3.63) is 59.7 Å². The van der Waals surface area contributed by atoms with Gasteiger partial charge in [0.25, 0.3) is 10.0 Å². The third-order valence-electron chi connectivity index (χ3n) is 4.97. The second kappa shape index (κ2) is 6.19. The Morgan fingerprint density at radius 2 is 1.84 bits per heavy atom. The van der Waals surface area contributed by atoms with Crippen molar-refractivity contribution in [3.8, 4) is 5.75 Å². The number of benzene rings is 2. The van der Waals surface area contributed by atoms with Crippen molar-refractivity contribution in [1.82, 2.24) is 4.90 Å². The average Bonchev–Trinajstić information content (AvgIpc) is 2.93. The van der Waals surface area contributed by atoms with Gasteiger partial charge in [0.15, 0.2) is 5.84 Å². The lowest BCUT2D eigenvalue weighted by Gasteiger charge is -2.33. The van der Waals surface area contributed by atoms with Crippen LogP contribution in [0.25, 0.3) is 0 Å². The van der Waals surface area contributed by atoms with Crippen LogP contribution in [0.5, 0.6) is 5.75 Å². The first-order valence-electron chi connectivity index (χ1n) is 8.42. The number of piperidine rings is 1. The molecule has 2 aliphatic rings. The van der Waals surface area contributed by atoms with Gasteiger partial charge in [0.05, 0.1) is 7.11 Å². The third-order valence-corrected chi connectivity index (χ3v) is 6.30. The van der Waals surface area contributed by atoms with Crippen LogP contribution in [0.4, 0.5) is 0 Å². The summed E-state index contributed by atoms with van der Waals surface area (Å²) >= 11 is 0. The number of rotatable bonds is 2. The molecule has 0 bridgehead atoms. The van der Waals surface area contributed by atoms with Gasteiger partial charge < -0.3 is 9.64 Å². The van der Waals surface area contributed by atoms with E-state index < -0.39 is 10.0 Å². The summed E-state index contributed by atoms with van der Waals surface area (Å²) in [5, 5.41) is 0. The van der Waals surface area contributed by atoms with E-state index in [2.05, 4.69) is 21.4 Å². The van der Waals surface area contributed by atoms with Crippen molar-refractivity contribution in [1.29, 1.82) is 0 Å². The van der Waals surface area contributed by atoms with Gasteiger partial charge in [-0.05, 0) is 48.6 Å². The standard InChI is InChI=1S/C19H20N2O3S/c1-24-16-6-4-5-15(13-16)14-9-11-21(12-10-14)19-17-7-2-3-8-18(17)25(22,23)20-19/h2-8,13-14H,9-12H2,1H3. The highest BCUT2D eigenvalue weighted by Gasteiger charge is 2.33. The average molecular weight is 356 g/mol. The van der Waals surface area contributed by atoms with Crippen molar-refractivity contribution >= 4 is 15.9 Å². The zero-order chi connectivity index (χ0) is 17.4. The van der Waals surface area contributed by atoms with E-state index in [1.54, 1.807) is 19.2 Å². The Labute approximate surface area is 148 Å². The molecule has 5 nitrogen and oxygen atoms in total. The molecule has 0 saturated carbocycles. The van der Waals surface area contributed by atoms with E-state index >= 15 is 0 Å². The fourth-order valence-corrected chi connectivity index (χ4v) is 4.86. The van der Waals surface area contributed by atoms with Gasteiger partial charge in [-0.3, -0.25) is 0 Å². The van der Waals surface area contributed by atoms with E-state index in [1.807, 2.05) is 24.3 Å². The van der Waals surface area contributed by atoms with Gasteiger partial charge in [-0.2, -0.15) is 8.42 Å². The molecule has 1 saturated heterocycles. The topological polar surface area (TPSA) is 59.0 Å². The Morgan fingerprint density at radius 3 is 2.60 bits per heavy atom. The highest BCUT2D eigenvalue weighted by molar-refractivity contribution is 7.90. The Balaban J connectivity index is 1.53. The number of hydrogen-bond donors (Lipinski definition) is 0. The van der Waals surface area contributed by atoms with Crippen LogP contribution < -0.4 is 4.74 Å². The number of fused-ring (bicyclic) bond motifs is 1. The van der Waals surface area contributed by atoms with E-state index in [-0.39, 0.29) is 0 Å². The molecule has 0 amide bonds. The van der Waals surface area contributed by atoms with Gasteiger partial charge in [-0.15, -0.1) is 4.40 Å². The van der Waals surface area contributed by atoms with Crippen molar-refractivity contribution in [3.63, 3.8) is 0 Å².